The fraction of sp³-hybridized carbons (Fsp3) is 0.200. The standard InChI is InChI=1S/C30H28BrClF2N2O5S2/c1-21(36(29-20-24(33)13-16-28(29)34)43(39,40)25-14-11-23(32)12-15-25)27-9-3-4-10-30(27)41-18-6-17-35(2)42(37,38)26-8-5-7-22(31)19-26/h3-5,7-16,19-21H,6,17-18H2,1-2H3. The van der Waals surface area contributed by atoms with Crippen LogP contribution in [0.2, 0.25) is 5.02 Å². The monoisotopic (exact) mass is 712 g/mol. The van der Waals surface area contributed by atoms with E-state index in [0.717, 1.165) is 22.5 Å². The number of hydrogen-bond donors (Lipinski definition) is 0. The number of anilines is 1. The highest BCUT2D eigenvalue weighted by molar-refractivity contribution is 9.10. The summed E-state index contributed by atoms with van der Waals surface area (Å²) in [6, 6.07) is 19.9. The third-order valence-corrected chi connectivity index (χ3v) is 11.1. The fourth-order valence-corrected chi connectivity index (χ4v) is 7.97. The maximum atomic E-state index is 15.1. The maximum absolute atomic E-state index is 15.1. The number of sulfonamides is 2. The van der Waals surface area contributed by atoms with E-state index in [0.29, 0.717) is 27.2 Å². The summed E-state index contributed by atoms with van der Waals surface area (Å²) in [5.74, 6) is -1.44. The van der Waals surface area contributed by atoms with Crippen LogP contribution in [0.1, 0.15) is 24.9 Å². The van der Waals surface area contributed by atoms with Crippen molar-refractivity contribution in [3.63, 3.8) is 0 Å². The van der Waals surface area contributed by atoms with Gasteiger partial charge in [0.2, 0.25) is 10.0 Å². The van der Waals surface area contributed by atoms with Crippen LogP contribution in [-0.2, 0) is 20.0 Å². The zero-order valence-electron chi connectivity index (χ0n) is 23.1. The van der Waals surface area contributed by atoms with Crippen molar-refractivity contribution in [3.05, 3.63) is 118 Å². The molecule has 4 aromatic carbocycles. The highest BCUT2D eigenvalue weighted by atomic mass is 79.9. The first-order valence-corrected chi connectivity index (χ1v) is 17.1. The predicted molar refractivity (Wildman–Crippen MR) is 166 cm³/mol. The van der Waals surface area contributed by atoms with Gasteiger partial charge in [0, 0.05) is 34.7 Å². The van der Waals surface area contributed by atoms with E-state index in [9.17, 15) is 21.2 Å². The van der Waals surface area contributed by atoms with Crippen molar-refractivity contribution in [1.82, 2.24) is 4.31 Å². The molecule has 0 bridgehead atoms. The van der Waals surface area contributed by atoms with Crippen molar-refractivity contribution >= 4 is 53.3 Å². The van der Waals surface area contributed by atoms with Crippen LogP contribution in [0.4, 0.5) is 14.5 Å². The van der Waals surface area contributed by atoms with Crippen LogP contribution in [-0.4, -0.2) is 41.3 Å². The minimum absolute atomic E-state index is 0.0976. The van der Waals surface area contributed by atoms with Crippen molar-refractivity contribution in [2.24, 2.45) is 0 Å². The summed E-state index contributed by atoms with van der Waals surface area (Å²) in [6.07, 6.45) is 0.317. The summed E-state index contributed by atoms with van der Waals surface area (Å²) in [5, 5.41) is 0.310. The number of benzene rings is 4. The molecular formula is C30H28BrClF2N2O5S2. The van der Waals surface area contributed by atoms with E-state index in [1.165, 1.54) is 47.8 Å². The summed E-state index contributed by atoms with van der Waals surface area (Å²) in [4.78, 5) is -0.0171. The Morgan fingerprint density at radius 3 is 2.26 bits per heavy atom. The first-order chi connectivity index (χ1) is 20.3. The molecule has 43 heavy (non-hydrogen) atoms. The minimum Gasteiger partial charge on any atom is -0.493 e. The van der Waals surface area contributed by atoms with Gasteiger partial charge < -0.3 is 4.74 Å². The molecule has 0 aliphatic heterocycles. The lowest BCUT2D eigenvalue weighted by molar-refractivity contribution is 0.292. The number of halogens is 4. The van der Waals surface area contributed by atoms with Crippen LogP contribution in [0.3, 0.4) is 0 Å². The molecule has 0 saturated carbocycles. The molecule has 0 aliphatic rings. The number of hydrogen-bond acceptors (Lipinski definition) is 5. The molecule has 0 spiro atoms. The van der Waals surface area contributed by atoms with Crippen LogP contribution in [0.5, 0.6) is 5.75 Å². The molecule has 0 fully saturated rings. The SMILES string of the molecule is CC(c1ccccc1OCCCN(C)S(=O)(=O)c1cccc(Br)c1)N(c1cc(F)ccc1F)S(=O)(=O)c1ccc(Cl)cc1. The number of rotatable bonds is 12. The third kappa shape index (κ3) is 7.55. The second-order valence-corrected chi connectivity index (χ2v) is 14.8. The molecule has 0 saturated heterocycles. The van der Waals surface area contributed by atoms with Gasteiger partial charge in [-0.1, -0.05) is 51.8 Å². The van der Waals surface area contributed by atoms with E-state index < -0.39 is 43.4 Å². The van der Waals surface area contributed by atoms with Crippen molar-refractivity contribution in [3.8, 4) is 5.75 Å². The van der Waals surface area contributed by atoms with Gasteiger partial charge in [0.25, 0.3) is 10.0 Å². The van der Waals surface area contributed by atoms with Gasteiger partial charge in [-0.3, -0.25) is 4.31 Å². The Morgan fingerprint density at radius 1 is 0.860 bits per heavy atom. The fourth-order valence-electron chi connectivity index (χ4n) is 4.40. The van der Waals surface area contributed by atoms with Crippen molar-refractivity contribution in [2.45, 2.75) is 29.2 Å². The van der Waals surface area contributed by atoms with Crippen molar-refractivity contribution in [1.29, 1.82) is 0 Å². The molecule has 1 unspecified atom stereocenters. The molecular weight excluding hydrogens is 686 g/mol. The Labute approximate surface area is 263 Å². The molecule has 4 rings (SSSR count). The van der Waals surface area contributed by atoms with Gasteiger partial charge in [0.05, 0.1) is 28.1 Å². The number of para-hydroxylation sites is 1. The molecule has 0 aromatic heterocycles. The highest BCUT2D eigenvalue weighted by Gasteiger charge is 2.34. The number of ether oxygens (including phenoxy) is 1. The van der Waals surface area contributed by atoms with Gasteiger partial charge in [-0.25, -0.2) is 29.9 Å². The average Bonchev–Trinajstić information content (AvgIpc) is 2.97. The molecule has 228 valence electrons. The molecule has 13 heteroatoms. The van der Waals surface area contributed by atoms with E-state index in [-0.39, 0.29) is 22.9 Å². The molecule has 4 aromatic rings. The molecule has 0 radical (unpaired) electrons. The van der Waals surface area contributed by atoms with E-state index in [1.807, 2.05) is 0 Å². The lowest BCUT2D eigenvalue weighted by Crippen LogP contribution is -2.34. The second kappa shape index (κ2) is 13.7. The van der Waals surface area contributed by atoms with E-state index >= 15 is 4.39 Å². The van der Waals surface area contributed by atoms with Gasteiger partial charge in [0.1, 0.15) is 17.4 Å². The summed E-state index contributed by atoms with van der Waals surface area (Å²) in [5.41, 5.74) is -0.0876. The molecule has 7 nitrogen and oxygen atoms in total. The topological polar surface area (TPSA) is 84.0 Å². The van der Waals surface area contributed by atoms with Crippen LogP contribution in [0, 0.1) is 11.6 Å². The van der Waals surface area contributed by atoms with Crippen LogP contribution in [0.15, 0.2) is 105 Å². The van der Waals surface area contributed by atoms with Gasteiger partial charge in [0.15, 0.2) is 0 Å². The zero-order valence-corrected chi connectivity index (χ0v) is 27.1. The molecule has 0 aliphatic carbocycles. The lowest BCUT2D eigenvalue weighted by Gasteiger charge is -2.32. The van der Waals surface area contributed by atoms with Crippen LogP contribution in [0.25, 0.3) is 0 Å². The molecule has 1 atom stereocenters. The second-order valence-electron chi connectivity index (χ2n) is 9.55. The molecule has 0 N–H and O–H groups in total. The smallest absolute Gasteiger partial charge is 0.264 e. The summed E-state index contributed by atoms with van der Waals surface area (Å²) >= 11 is 9.24. The van der Waals surface area contributed by atoms with Gasteiger partial charge >= 0.3 is 0 Å². The largest absolute Gasteiger partial charge is 0.493 e. The highest BCUT2D eigenvalue weighted by Crippen LogP contribution is 2.38. The average molecular weight is 714 g/mol. The van der Waals surface area contributed by atoms with E-state index in [4.69, 9.17) is 16.3 Å². The van der Waals surface area contributed by atoms with Crippen molar-refractivity contribution < 1.29 is 30.4 Å². The Morgan fingerprint density at radius 2 is 1.56 bits per heavy atom. The van der Waals surface area contributed by atoms with Crippen LogP contribution < -0.4 is 9.04 Å². The zero-order chi connectivity index (χ0) is 31.4. The molecule has 0 amide bonds. The van der Waals surface area contributed by atoms with E-state index in [1.54, 1.807) is 43.3 Å². The maximum Gasteiger partial charge on any atom is 0.264 e. The molecule has 0 heterocycles. The van der Waals surface area contributed by atoms with Gasteiger partial charge in [-0.2, -0.15) is 0 Å². The third-order valence-electron chi connectivity index (χ3n) is 6.62. The summed E-state index contributed by atoms with van der Waals surface area (Å²) in [6.45, 7) is 1.79. The lowest BCUT2D eigenvalue weighted by atomic mass is 10.1. The van der Waals surface area contributed by atoms with E-state index in [2.05, 4.69) is 15.9 Å². The quantitative estimate of drug-likeness (QED) is 0.143. The Kier molecular flexibility index (Phi) is 10.5. The Hall–Kier alpha value is -3.03. The van der Waals surface area contributed by atoms with Crippen molar-refractivity contribution in [2.75, 3.05) is 24.5 Å². The first-order valence-electron chi connectivity index (χ1n) is 13.0. The minimum atomic E-state index is -4.42. The van der Waals surface area contributed by atoms with Crippen LogP contribution >= 0.6 is 27.5 Å². The van der Waals surface area contributed by atoms with Gasteiger partial charge in [-0.05, 0) is 74.0 Å². The predicted octanol–water partition coefficient (Wildman–Crippen LogP) is 7.43. The first kappa shape index (κ1) is 32.9. The summed E-state index contributed by atoms with van der Waals surface area (Å²) < 4.78 is 91.7. The normalized spacial score (nSPS) is 12.7. The Balaban J connectivity index is 1.59. The Bertz CT molecular complexity index is 1810. The van der Waals surface area contributed by atoms with Gasteiger partial charge in [-0.15, -0.1) is 0 Å². The number of nitrogens with zero attached hydrogens (tertiary/aromatic N) is 2. The summed E-state index contributed by atoms with van der Waals surface area (Å²) in [7, 11) is -6.67.